The Morgan fingerprint density at radius 2 is 1.70 bits per heavy atom. The quantitative estimate of drug-likeness (QED) is 0.386. The number of halogens is 1. The molecule has 0 aliphatic carbocycles. The number of anilines is 3. The van der Waals surface area contributed by atoms with Crippen molar-refractivity contribution in [3.05, 3.63) is 65.8 Å². The number of piperazine rings is 1. The number of hydrogen-bond donors (Lipinski definition) is 1. The van der Waals surface area contributed by atoms with Crippen molar-refractivity contribution in [2.45, 2.75) is 10.1 Å². The van der Waals surface area contributed by atoms with E-state index in [1.165, 1.54) is 11.8 Å². The SMILES string of the molecule is CN1CCN(c2nc(Nc3ncc(-c4ccc(Cl)cc4)s3)nc(Sc3ccccc3)n2)CC1. The maximum Gasteiger partial charge on any atom is 0.234 e. The number of rotatable bonds is 6. The summed E-state index contributed by atoms with van der Waals surface area (Å²) in [6.45, 7) is 3.72. The third kappa shape index (κ3) is 5.62. The minimum absolute atomic E-state index is 0.495. The summed E-state index contributed by atoms with van der Waals surface area (Å²) in [5.41, 5.74) is 1.07. The Kier molecular flexibility index (Phi) is 6.73. The Morgan fingerprint density at radius 1 is 0.939 bits per heavy atom. The monoisotopic (exact) mass is 495 g/mol. The lowest BCUT2D eigenvalue weighted by Crippen LogP contribution is -2.45. The van der Waals surface area contributed by atoms with Gasteiger partial charge in [0.25, 0.3) is 0 Å². The maximum atomic E-state index is 6.02. The molecule has 1 fully saturated rings. The minimum atomic E-state index is 0.495. The number of likely N-dealkylation sites (N-methyl/N-ethyl adjacent to an activating group) is 1. The highest BCUT2D eigenvalue weighted by atomic mass is 35.5. The van der Waals surface area contributed by atoms with Crippen LogP contribution in [0.5, 0.6) is 0 Å². The fourth-order valence-electron chi connectivity index (χ4n) is 3.36. The van der Waals surface area contributed by atoms with Gasteiger partial charge in [-0.3, -0.25) is 5.32 Å². The van der Waals surface area contributed by atoms with Gasteiger partial charge in [0.15, 0.2) is 10.3 Å². The molecule has 168 valence electrons. The second kappa shape index (κ2) is 10.0. The van der Waals surface area contributed by atoms with Gasteiger partial charge in [0.05, 0.1) is 4.88 Å². The highest BCUT2D eigenvalue weighted by Gasteiger charge is 2.19. The van der Waals surface area contributed by atoms with Gasteiger partial charge >= 0.3 is 0 Å². The molecule has 7 nitrogen and oxygen atoms in total. The number of hydrogen-bond acceptors (Lipinski definition) is 9. The molecular weight excluding hydrogens is 474 g/mol. The second-order valence-corrected chi connectivity index (χ2v) is 10.1. The van der Waals surface area contributed by atoms with Gasteiger partial charge in [-0.2, -0.15) is 15.0 Å². The van der Waals surface area contributed by atoms with Crippen LogP contribution in [0.25, 0.3) is 10.4 Å². The summed E-state index contributed by atoms with van der Waals surface area (Å²) in [6.07, 6.45) is 1.85. The van der Waals surface area contributed by atoms with Gasteiger partial charge in [-0.1, -0.05) is 53.3 Å². The van der Waals surface area contributed by atoms with Gasteiger partial charge in [-0.25, -0.2) is 4.98 Å². The predicted molar refractivity (Wildman–Crippen MR) is 136 cm³/mol. The first-order valence-corrected chi connectivity index (χ1v) is 12.5. The smallest absolute Gasteiger partial charge is 0.234 e. The van der Waals surface area contributed by atoms with E-state index in [1.54, 1.807) is 11.3 Å². The molecule has 0 bridgehead atoms. The molecule has 33 heavy (non-hydrogen) atoms. The number of nitrogens with one attached hydrogen (secondary N) is 1. The third-order valence-corrected chi connectivity index (χ3v) is 7.28. The van der Waals surface area contributed by atoms with Gasteiger partial charge in [0, 0.05) is 42.3 Å². The summed E-state index contributed by atoms with van der Waals surface area (Å²) < 4.78 is 0. The first-order valence-electron chi connectivity index (χ1n) is 10.5. The van der Waals surface area contributed by atoms with Crippen LogP contribution in [0.2, 0.25) is 5.02 Å². The molecule has 0 radical (unpaired) electrons. The zero-order chi connectivity index (χ0) is 22.6. The van der Waals surface area contributed by atoms with Gasteiger partial charge < -0.3 is 9.80 Å². The first kappa shape index (κ1) is 22.1. The molecule has 0 spiro atoms. The highest BCUT2D eigenvalue weighted by Crippen LogP contribution is 2.32. The predicted octanol–water partition coefficient (Wildman–Crippen LogP) is 5.30. The number of aromatic nitrogens is 4. The molecule has 1 aliphatic heterocycles. The molecule has 1 N–H and O–H groups in total. The largest absolute Gasteiger partial charge is 0.338 e. The summed E-state index contributed by atoms with van der Waals surface area (Å²) >= 11 is 9.09. The Bertz CT molecular complexity index is 1210. The molecule has 5 rings (SSSR count). The highest BCUT2D eigenvalue weighted by molar-refractivity contribution is 7.99. The number of benzene rings is 2. The summed E-state index contributed by atoms with van der Waals surface area (Å²) in [5, 5.41) is 5.39. The van der Waals surface area contributed by atoms with Crippen LogP contribution in [-0.4, -0.2) is 58.1 Å². The Morgan fingerprint density at radius 3 is 2.45 bits per heavy atom. The second-order valence-electron chi connectivity index (χ2n) is 7.61. The lowest BCUT2D eigenvalue weighted by Gasteiger charge is -2.32. The van der Waals surface area contributed by atoms with Crippen molar-refractivity contribution in [1.82, 2.24) is 24.8 Å². The molecule has 10 heteroatoms. The standard InChI is InChI=1S/C23H22ClN7S2/c1-30-11-13-31(14-12-30)21-26-20(28-23(29-21)32-18-5-3-2-4-6-18)27-22-25-15-19(33-22)16-7-9-17(24)10-8-16/h2-10,15H,11-14H2,1H3,(H,25,26,27,28,29). The fourth-order valence-corrected chi connectivity index (χ4v) is 5.07. The van der Waals surface area contributed by atoms with E-state index in [0.29, 0.717) is 22.1 Å². The Hall–Kier alpha value is -2.72. The van der Waals surface area contributed by atoms with E-state index >= 15 is 0 Å². The van der Waals surface area contributed by atoms with Gasteiger partial charge in [-0.15, -0.1) is 0 Å². The molecule has 1 saturated heterocycles. The van der Waals surface area contributed by atoms with Crippen LogP contribution < -0.4 is 10.2 Å². The molecule has 2 aromatic carbocycles. The van der Waals surface area contributed by atoms with Crippen LogP contribution >= 0.6 is 34.7 Å². The molecule has 4 aromatic rings. The van der Waals surface area contributed by atoms with Crippen LogP contribution in [-0.2, 0) is 0 Å². The van der Waals surface area contributed by atoms with Crippen molar-refractivity contribution in [3.8, 4) is 10.4 Å². The molecule has 3 heterocycles. The van der Waals surface area contributed by atoms with Crippen molar-refractivity contribution in [1.29, 1.82) is 0 Å². The molecule has 0 amide bonds. The van der Waals surface area contributed by atoms with E-state index in [2.05, 4.69) is 44.3 Å². The van der Waals surface area contributed by atoms with Crippen molar-refractivity contribution >= 4 is 51.7 Å². The normalized spacial score (nSPS) is 14.4. The lowest BCUT2D eigenvalue weighted by molar-refractivity contribution is 0.311. The zero-order valence-electron chi connectivity index (χ0n) is 18.0. The van der Waals surface area contributed by atoms with Crippen LogP contribution in [0.3, 0.4) is 0 Å². The zero-order valence-corrected chi connectivity index (χ0v) is 20.4. The molecule has 0 atom stereocenters. The Labute approximate surface area is 205 Å². The molecule has 2 aromatic heterocycles. The van der Waals surface area contributed by atoms with Crippen molar-refractivity contribution < 1.29 is 0 Å². The van der Waals surface area contributed by atoms with E-state index in [0.717, 1.165) is 46.6 Å². The number of thiazole rings is 1. The van der Waals surface area contributed by atoms with Gasteiger partial charge in [0.1, 0.15) is 0 Å². The van der Waals surface area contributed by atoms with Crippen LogP contribution in [0.4, 0.5) is 17.0 Å². The molecule has 0 saturated carbocycles. The third-order valence-electron chi connectivity index (χ3n) is 5.19. The summed E-state index contributed by atoms with van der Waals surface area (Å²) in [5.74, 6) is 1.18. The molecule has 1 aliphatic rings. The summed E-state index contributed by atoms with van der Waals surface area (Å²) in [7, 11) is 2.13. The van der Waals surface area contributed by atoms with E-state index in [1.807, 2.05) is 48.7 Å². The van der Waals surface area contributed by atoms with Crippen LogP contribution in [0, 0.1) is 0 Å². The van der Waals surface area contributed by atoms with E-state index in [9.17, 15) is 0 Å². The van der Waals surface area contributed by atoms with Crippen molar-refractivity contribution in [3.63, 3.8) is 0 Å². The summed E-state index contributed by atoms with van der Waals surface area (Å²) in [4.78, 5) is 25.3. The fraction of sp³-hybridized carbons (Fsp3) is 0.217. The minimum Gasteiger partial charge on any atom is -0.338 e. The van der Waals surface area contributed by atoms with Crippen molar-refractivity contribution in [2.75, 3.05) is 43.4 Å². The molecule has 0 unspecified atom stereocenters. The number of nitrogens with zero attached hydrogens (tertiary/aromatic N) is 6. The Balaban J connectivity index is 1.41. The van der Waals surface area contributed by atoms with E-state index in [4.69, 9.17) is 21.6 Å². The van der Waals surface area contributed by atoms with E-state index < -0.39 is 0 Å². The maximum absolute atomic E-state index is 6.02. The van der Waals surface area contributed by atoms with E-state index in [-0.39, 0.29) is 0 Å². The van der Waals surface area contributed by atoms with Crippen LogP contribution in [0.1, 0.15) is 0 Å². The van der Waals surface area contributed by atoms with Crippen molar-refractivity contribution in [2.24, 2.45) is 0 Å². The first-order chi connectivity index (χ1) is 16.1. The summed E-state index contributed by atoms with van der Waals surface area (Å²) in [6, 6.07) is 17.9. The average molecular weight is 496 g/mol. The van der Waals surface area contributed by atoms with Gasteiger partial charge in [-0.05, 0) is 48.6 Å². The molecular formula is C23H22ClN7S2. The lowest BCUT2D eigenvalue weighted by atomic mass is 10.2. The van der Waals surface area contributed by atoms with Crippen LogP contribution in [0.15, 0.2) is 70.8 Å². The van der Waals surface area contributed by atoms with Gasteiger partial charge in [0.2, 0.25) is 11.9 Å². The average Bonchev–Trinajstić information content (AvgIpc) is 3.29. The topological polar surface area (TPSA) is 70.1 Å².